The predicted octanol–water partition coefficient (Wildman–Crippen LogP) is 2.37. The van der Waals surface area contributed by atoms with Crippen LogP contribution >= 0.6 is 0 Å². The Bertz CT molecular complexity index is 650. The molecule has 5 nitrogen and oxygen atoms in total. The Labute approximate surface area is 125 Å². The maximum absolute atomic E-state index is 12.6. The lowest BCUT2D eigenvalue weighted by atomic mass is 10.1. The minimum atomic E-state index is -3.65. The molecule has 0 unspecified atom stereocenters. The number of hydrogen-bond acceptors (Lipinski definition) is 3. The SMILES string of the molecule is CCc1ccc(S(=O)(=O)N(C)[C@H](C)C2CC2)cc1C(=O)O. The van der Waals surface area contributed by atoms with E-state index in [1.807, 2.05) is 13.8 Å². The van der Waals surface area contributed by atoms with Crippen molar-refractivity contribution in [2.75, 3.05) is 7.05 Å². The zero-order valence-electron chi connectivity index (χ0n) is 12.5. The molecule has 0 saturated heterocycles. The van der Waals surface area contributed by atoms with Crippen LogP contribution in [0.1, 0.15) is 42.6 Å². The average molecular weight is 311 g/mol. The second-order valence-electron chi connectivity index (χ2n) is 5.58. The molecule has 1 aromatic rings. The number of rotatable bonds is 6. The van der Waals surface area contributed by atoms with Crippen molar-refractivity contribution < 1.29 is 18.3 Å². The summed E-state index contributed by atoms with van der Waals surface area (Å²) in [5.74, 6) is -0.680. The van der Waals surface area contributed by atoms with E-state index >= 15 is 0 Å². The second-order valence-corrected chi connectivity index (χ2v) is 7.57. The standard InChI is InChI=1S/C15H21NO4S/c1-4-11-7-8-13(9-14(11)15(17)18)21(19,20)16(3)10(2)12-5-6-12/h7-10,12H,4-6H2,1-3H3,(H,17,18)/t10-/m1/s1. The predicted molar refractivity (Wildman–Crippen MR) is 79.9 cm³/mol. The second kappa shape index (κ2) is 5.77. The van der Waals surface area contributed by atoms with Crippen LogP contribution in [-0.2, 0) is 16.4 Å². The van der Waals surface area contributed by atoms with Gasteiger partial charge in [-0.15, -0.1) is 0 Å². The molecule has 1 aliphatic rings. The molecule has 21 heavy (non-hydrogen) atoms. The first-order valence-corrected chi connectivity index (χ1v) is 8.57. The maximum Gasteiger partial charge on any atom is 0.336 e. The first-order chi connectivity index (χ1) is 9.78. The first-order valence-electron chi connectivity index (χ1n) is 7.13. The Morgan fingerprint density at radius 2 is 2.05 bits per heavy atom. The summed E-state index contributed by atoms with van der Waals surface area (Å²) in [4.78, 5) is 11.3. The molecule has 1 fully saturated rings. The van der Waals surface area contributed by atoms with Gasteiger partial charge in [0.1, 0.15) is 0 Å². The fourth-order valence-corrected chi connectivity index (χ4v) is 3.93. The fraction of sp³-hybridized carbons (Fsp3) is 0.533. The van der Waals surface area contributed by atoms with Gasteiger partial charge in [-0.3, -0.25) is 0 Å². The highest BCUT2D eigenvalue weighted by atomic mass is 32.2. The fourth-order valence-electron chi connectivity index (χ4n) is 2.48. The third-order valence-electron chi connectivity index (χ3n) is 4.25. The molecule has 1 atom stereocenters. The summed E-state index contributed by atoms with van der Waals surface area (Å²) in [7, 11) is -2.09. The summed E-state index contributed by atoms with van der Waals surface area (Å²) >= 11 is 0. The van der Waals surface area contributed by atoms with Crippen LogP contribution in [0.4, 0.5) is 0 Å². The van der Waals surface area contributed by atoms with Crippen molar-refractivity contribution in [2.24, 2.45) is 5.92 Å². The minimum absolute atomic E-state index is 0.0482. The van der Waals surface area contributed by atoms with Crippen molar-refractivity contribution in [1.82, 2.24) is 4.31 Å². The third-order valence-corrected chi connectivity index (χ3v) is 6.19. The molecule has 0 spiro atoms. The Morgan fingerprint density at radius 1 is 1.43 bits per heavy atom. The lowest BCUT2D eigenvalue weighted by Crippen LogP contribution is -2.36. The Morgan fingerprint density at radius 3 is 2.52 bits per heavy atom. The van der Waals surface area contributed by atoms with E-state index in [0.717, 1.165) is 12.8 Å². The lowest BCUT2D eigenvalue weighted by Gasteiger charge is -2.24. The third kappa shape index (κ3) is 3.11. The van der Waals surface area contributed by atoms with Crippen molar-refractivity contribution in [1.29, 1.82) is 0 Å². The van der Waals surface area contributed by atoms with Crippen LogP contribution in [0.2, 0.25) is 0 Å². The van der Waals surface area contributed by atoms with Crippen LogP contribution in [0.5, 0.6) is 0 Å². The molecular formula is C15H21NO4S. The van der Waals surface area contributed by atoms with Crippen molar-refractivity contribution in [3.05, 3.63) is 29.3 Å². The monoisotopic (exact) mass is 311 g/mol. The highest BCUT2D eigenvalue weighted by Crippen LogP contribution is 2.36. The quantitative estimate of drug-likeness (QED) is 0.875. The zero-order valence-corrected chi connectivity index (χ0v) is 13.4. The van der Waals surface area contributed by atoms with Crippen molar-refractivity contribution in [3.63, 3.8) is 0 Å². The van der Waals surface area contributed by atoms with Gasteiger partial charge < -0.3 is 5.11 Å². The molecule has 1 N–H and O–H groups in total. The van der Waals surface area contributed by atoms with Gasteiger partial charge >= 0.3 is 5.97 Å². The van der Waals surface area contributed by atoms with E-state index < -0.39 is 16.0 Å². The number of carboxylic acids is 1. The number of aryl methyl sites for hydroxylation is 1. The summed E-state index contributed by atoms with van der Waals surface area (Å²) < 4.78 is 26.6. The van der Waals surface area contributed by atoms with Crippen molar-refractivity contribution >= 4 is 16.0 Å². The molecule has 1 aliphatic carbocycles. The molecule has 6 heteroatoms. The number of carbonyl (C=O) groups is 1. The molecule has 116 valence electrons. The van der Waals surface area contributed by atoms with Gasteiger partial charge in [0.05, 0.1) is 10.5 Å². The van der Waals surface area contributed by atoms with E-state index in [4.69, 9.17) is 0 Å². The molecule has 0 amide bonds. The van der Waals surface area contributed by atoms with Crippen LogP contribution in [0.25, 0.3) is 0 Å². The summed E-state index contributed by atoms with van der Waals surface area (Å²) in [5, 5.41) is 9.22. The van der Waals surface area contributed by atoms with E-state index in [2.05, 4.69) is 0 Å². The number of nitrogens with zero attached hydrogens (tertiary/aromatic N) is 1. The summed E-state index contributed by atoms with van der Waals surface area (Å²) in [5.41, 5.74) is 0.699. The summed E-state index contributed by atoms with van der Waals surface area (Å²) in [6.07, 6.45) is 2.66. The number of carboxylic acid groups (broad SMARTS) is 1. The Kier molecular flexibility index (Phi) is 4.39. The molecular weight excluding hydrogens is 290 g/mol. The van der Waals surface area contributed by atoms with Gasteiger partial charge in [-0.1, -0.05) is 13.0 Å². The molecule has 0 bridgehead atoms. The van der Waals surface area contributed by atoms with E-state index in [-0.39, 0.29) is 16.5 Å². The number of hydrogen-bond donors (Lipinski definition) is 1. The van der Waals surface area contributed by atoms with Crippen LogP contribution < -0.4 is 0 Å². The molecule has 0 aromatic heterocycles. The maximum atomic E-state index is 12.6. The molecule has 1 aromatic carbocycles. The van der Waals surface area contributed by atoms with E-state index in [9.17, 15) is 18.3 Å². The molecule has 2 rings (SSSR count). The number of aromatic carboxylic acids is 1. The van der Waals surface area contributed by atoms with Gasteiger partial charge in [0.15, 0.2) is 0 Å². The molecule has 0 heterocycles. The van der Waals surface area contributed by atoms with Gasteiger partial charge in [-0.2, -0.15) is 4.31 Å². The summed E-state index contributed by atoms with van der Waals surface area (Å²) in [6, 6.07) is 4.30. The normalized spacial score (nSPS) is 17.0. The van der Waals surface area contributed by atoms with Crippen molar-refractivity contribution in [2.45, 2.75) is 44.0 Å². The number of benzene rings is 1. The van der Waals surface area contributed by atoms with Gasteiger partial charge in [0, 0.05) is 13.1 Å². The van der Waals surface area contributed by atoms with Gasteiger partial charge in [0.2, 0.25) is 10.0 Å². The highest BCUT2D eigenvalue weighted by molar-refractivity contribution is 7.89. The number of sulfonamides is 1. The average Bonchev–Trinajstić information content (AvgIpc) is 3.29. The van der Waals surface area contributed by atoms with Gasteiger partial charge in [-0.25, -0.2) is 13.2 Å². The van der Waals surface area contributed by atoms with Crippen LogP contribution in [-0.4, -0.2) is 36.9 Å². The first kappa shape index (κ1) is 16.0. The van der Waals surface area contributed by atoms with Crippen molar-refractivity contribution in [3.8, 4) is 0 Å². The minimum Gasteiger partial charge on any atom is -0.478 e. The topological polar surface area (TPSA) is 74.7 Å². The van der Waals surface area contributed by atoms with E-state index in [0.29, 0.717) is 17.9 Å². The van der Waals surface area contributed by atoms with Crippen LogP contribution in [0, 0.1) is 5.92 Å². The van der Waals surface area contributed by atoms with E-state index in [1.54, 1.807) is 13.1 Å². The zero-order chi connectivity index (χ0) is 15.8. The van der Waals surface area contributed by atoms with Crippen LogP contribution in [0.3, 0.4) is 0 Å². The van der Waals surface area contributed by atoms with E-state index in [1.165, 1.54) is 16.4 Å². The van der Waals surface area contributed by atoms with Gasteiger partial charge in [-0.05, 0) is 49.8 Å². The Balaban J connectivity index is 2.40. The molecule has 0 radical (unpaired) electrons. The largest absolute Gasteiger partial charge is 0.478 e. The van der Waals surface area contributed by atoms with Gasteiger partial charge in [0.25, 0.3) is 0 Å². The smallest absolute Gasteiger partial charge is 0.336 e. The molecule has 1 saturated carbocycles. The highest BCUT2D eigenvalue weighted by Gasteiger charge is 2.36. The lowest BCUT2D eigenvalue weighted by molar-refractivity contribution is 0.0695. The summed E-state index contributed by atoms with van der Waals surface area (Å²) in [6.45, 7) is 3.74. The van der Waals surface area contributed by atoms with Crippen LogP contribution in [0.15, 0.2) is 23.1 Å². The molecule has 0 aliphatic heterocycles. The Hall–Kier alpha value is -1.40.